The molecule has 2 unspecified atom stereocenters. The van der Waals surface area contributed by atoms with Gasteiger partial charge in [0.05, 0.1) is 25.4 Å². The number of carbonyl (C=O) groups excluding carboxylic acids is 1. The molecule has 8 nitrogen and oxygen atoms in total. The molecule has 1 saturated heterocycles. The topological polar surface area (TPSA) is 105 Å². The Kier molecular flexibility index (Phi) is 4.35. The molecule has 1 fully saturated rings. The van der Waals surface area contributed by atoms with Crippen LogP contribution in [0.1, 0.15) is 6.92 Å². The molecule has 8 heteroatoms. The first kappa shape index (κ1) is 14.5. The van der Waals surface area contributed by atoms with E-state index in [2.05, 4.69) is 4.98 Å². The largest absolute Gasteiger partial charge is 0.394 e. The van der Waals surface area contributed by atoms with Crippen molar-refractivity contribution in [2.24, 2.45) is 0 Å². The molecule has 110 valence electrons. The van der Waals surface area contributed by atoms with Gasteiger partial charge in [0, 0.05) is 18.8 Å². The van der Waals surface area contributed by atoms with Crippen LogP contribution in [0.4, 0.5) is 0 Å². The molecule has 1 amide bonds. The summed E-state index contributed by atoms with van der Waals surface area (Å²) in [4.78, 5) is 38.4. The van der Waals surface area contributed by atoms with Crippen LogP contribution in [-0.4, -0.2) is 57.4 Å². The molecule has 0 saturated carbocycles. The van der Waals surface area contributed by atoms with Crippen LogP contribution in [-0.2, 0) is 16.1 Å². The van der Waals surface area contributed by atoms with Crippen LogP contribution in [0, 0.1) is 0 Å². The normalized spacial score (nSPS) is 22.8. The predicted molar refractivity (Wildman–Crippen MR) is 69.3 cm³/mol. The van der Waals surface area contributed by atoms with Crippen LogP contribution < -0.4 is 11.2 Å². The third-order valence-corrected chi connectivity index (χ3v) is 3.23. The van der Waals surface area contributed by atoms with E-state index in [0.717, 1.165) is 4.57 Å². The predicted octanol–water partition coefficient (Wildman–Crippen LogP) is -1.86. The molecule has 0 radical (unpaired) electrons. The molecule has 0 spiro atoms. The zero-order chi connectivity index (χ0) is 14.7. The summed E-state index contributed by atoms with van der Waals surface area (Å²) in [5.74, 6) is -0.256. The average molecular weight is 283 g/mol. The first-order valence-corrected chi connectivity index (χ1v) is 6.33. The Balaban J connectivity index is 2.10. The van der Waals surface area contributed by atoms with Crippen LogP contribution >= 0.6 is 0 Å². The van der Waals surface area contributed by atoms with E-state index in [1.54, 1.807) is 4.90 Å². The maximum atomic E-state index is 12.2. The Morgan fingerprint density at radius 3 is 2.95 bits per heavy atom. The molecule has 0 aliphatic carbocycles. The maximum Gasteiger partial charge on any atom is 0.328 e. The molecule has 1 aliphatic heterocycles. The standard InChI is InChI=1S/C12H17N3O5/c1-8-7-20-9(6-16)4-15(8)11(18)5-14-3-2-10(17)13-12(14)19/h2-3,8-9,16H,4-7H2,1H3,(H,13,17,19). The lowest BCUT2D eigenvalue weighted by atomic mass is 10.2. The van der Waals surface area contributed by atoms with Crippen LogP contribution in [0.25, 0.3) is 0 Å². The lowest BCUT2D eigenvalue weighted by Gasteiger charge is -2.37. The SMILES string of the molecule is CC1COC(CO)CN1C(=O)Cn1ccc(=O)[nH]c1=O. The Morgan fingerprint density at radius 1 is 1.55 bits per heavy atom. The van der Waals surface area contributed by atoms with Crippen LogP contribution in [0.5, 0.6) is 0 Å². The average Bonchev–Trinajstić information content (AvgIpc) is 2.42. The number of aliphatic hydroxyl groups is 1. The highest BCUT2D eigenvalue weighted by Gasteiger charge is 2.29. The van der Waals surface area contributed by atoms with E-state index in [0.29, 0.717) is 6.61 Å². The number of hydrogen-bond donors (Lipinski definition) is 2. The number of rotatable bonds is 3. The highest BCUT2D eigenvalue weighted by Crippen LogP contribution is 2.12. The number of carbonyl (C=O) groups is 1. The van der Waals surface area contributed by atoms with Crippen LogP contribution in [0.15, 0.2) is 21.9 Å². The van der Waals surface area contributed by atoms with Crippen molar-refractivity contribution in [1.29, 1.82) is 0 Å². The minimum atomic E-state index is -0.620. The summed E-state index contributed by atoms with van der Waals surface area (Å²) < 4.78 is 6.49. The summed E-state index contributed by atoms with van der Waals surface area (Å²) in [6, 6.07) is 1.07. The van der Waals surface area contributed by atoms with Gasteiger partial charge in [0.2, 0.25) is 5.91 Å². The van der Waals surface area contributed by atoms with E-state index in [1.165, 1.54) is 12.3 Å². The molecule has 1 aliphatic rings. The number of ether oxygens (including phenoxy) is 1. The molecule has 1 aromatic rings. The van der Waals surface area contributed by atoms with Crippen molar-refractivity contribution in [3.63, 3.8) is 0 Å². The van der Waals surface area contributed by atoms with E-state index in [9.17, 15) is 14.4 Å². The number of morpholine rings is 1. The van der Waals surface area contributed by atoms with Gasteiger partial charge in [-0.25, -0.2) is 4.79 Å². The van der Waals surface area contributed by atoms with Gasteiger partial charge >= 0.3 is 5.69 Å². The van der Waals surface area contributed by atoms with Gasteiger partial charge in [-0.2, -0.15) is 0 Å². The van der Waals surface area contributed by atoms with Crippen LogP contribution in [0.2, 0.25) is 0 Å². The maximum absolute atomic E-state index is 12.2. The fourth-order valence-electron chi connectivity index (χ4n) is 2.08. The van der Waals surface area contributed by atoms with Gasteiger partial charge in [-0.05, 0) is 6.92 Å². The summed E-state index contributed by atoms with van der Waals surface area (Å²) in [7, 11) is 0. The summed E-state index contributed by atoms with van der Waals surface area (Å²) in [6.07, 6.45) is 0.885. The van der Waals surface area contributed by atoms with E-state index in [1.807, 2.05) is 6.92 Å². The number of amides is 1. The third kappa shape index (κ3) is 3.14. The molecule has 0 bridgehead atoms. The number of aliphatic hydroxyl groups excluding tert-OH is 1. The minimum Gasteiger partial charge on any atom is -0.394 e. The molecule has 2 heterocycles. The van der Waals surface area contributed by atoms with E-state index in [-0.39, 0.29) is 31.6 Å². The summed E-state index contributed by atoms with van der Waals surface area (Å²) in [5, 5.41) is 9.08. The zero-order valence-electron chi connectivity index (χ0n) is 11.1. The summed E-state index contributed by atoms with van der Waals surface area (Å²) in [5.41, 5.74) is -1.12. The number of hydrogen-bond acceptors (Lipinski definition) is 5. The smallest absolute Gasteiger partial charge is 0.328 e. The lowest BCUT2D eigenvalue weighted by Crippen LogP contribution is -2.53. The fourth-order valence-corrected chi connectivity index (χ4v) is 2.08. The van der Waals surface area contributed by atoms with Gasteiger partial charge in [0.1, 0.15) is 6.54 Å². The summed E-state index contributed by atoms with van der Waals surface area (Å²) >= 11 is 0. The quantitative estimate of drug-likeness (QED) is 0.677. The van der Waals surface area contributed by atoms with Crippen molar-refractivity contribution in [2.45, 2.75) is 25.6 Å². The fraction of sp³-hybridized carbons (Fsp3) is 0.583. The highest BCUT2D eigenvalue weighted by molar-refractivity contribution is 5.76. The molecule has 2 atom stereocenters. The molecule has 20 heavy (non-hydrogen) atoms. The Hall–Kier alpha value is -1.93. The van der Waals surface area contributed by atoms with Crippen molar-refractivity contribution in [2.75, 3.05) is 19.8 Å². The lowest BCUT2D eigenvalue weighted by molar-refractivity contribution is -0.146. The number of nitrogens with zero attached hydrogens (tertiary/aromatic N) is 2. The van der Waals surface area contributed by atoms with Crippen molar-refractivity contribution in [3.05, 3.63) is 33.1 Å². The first-order valence-electron chi connectivity index (χ1n) is 6.33. The molecular weight excluding hydrogens is 266 g/mol. The number of nitrogens with one attached hydrogen (secondary N) is 1. The molecule has 0 aromatic carbocycles. The third-order valence-electron chi connectivity index (χ3n) is 3.23. The zero-order valence-corrected chi connectivity index (χ0v) is 11.1. The Morgan fingerprint density at radius 2 is 2.30 bits per heavy atom. The van der Waals surface area contributed by atoms with Gasteiger partial charge in [0.25, 0.3) is 5.56 Å². The summed E-state index contributed by atoms with van der Waals surface area (Å²) in [6.45, 7) is 2.15. The first-order chi connectivity index (χ1) is 9.51. The minimum absolute atomic E-state index is 0.122. The van der Waals surface area contributed by atoms with Crippen molar-refractivity contribution >= 4 is 5.91 Å². The second-order valence-corrected chi connectivity index (χ2v) is 4.77. The number of aromatic nitrogens is 2. The van der Waals surface area contributed by atoms with Gasteiger partial charge in [-0.3, -0.25) is 19.1 Å². The monoisotopic (exact) mass is 283 g/mol. The van der Waals surface area contributed by atoms with Gasteiger partial charge in [-0.15, -0.1) is 0 Å². The highest BCUT2D eigenvalue weighted by atomic mass is 16.5. The van der Waals surface area contributed by atoms with Gasteiger partial charge < -0.3 is 14.7 Å². The van der Waals surface area contributed by atoms with Crippen molar-refractivity contribution in [1.82, 2.24) is 14.5 Å². The Labute approximate surface area is 114 Å². The second kappa shape index (κ2) is 6.02. The van der Waals surface area contributed by atoms with E-state index in [4.69, 9.17) is 9.84 Å². The molecule has 2 N–H and O–H groups in total. The van der Waals surface area contributed by atoms with E-state index >= 15 is 0 Å². The molecular formula is C12H17N3O5. The Bertz CT molecular complexity index is 593. The molecule has 1 aromatic heterocycles. The van der Waals surface area contributed by atoms with E-state index < -0.39 is 17.4 Å². The molecule has 2 rings (SSSR count). The van der Waals surface area contributed by atoms with Crippen LogP contribution in [0.3, 0.4) is 0 Å². The van der Waals surface area contributed by atoms with Crippen molar-refractivity contribution in [3.8, 4) is 0 Å². The number of aromatic amines is 1. The van der Waals surface area contributed by atoms with Crippen molar-refractivity contribution < 1.29 is 14.6 Å². The number of H-pyrrole nitrogens is 1. The van der Waals surface area contributed by atoms with Gasteiger partial charge in [0.15, 0.2) is 0 Å². The van der Waals surface area contributed by atoms with Gasteiger partial charge in [-0.1, -0.05) is 0 Å². The second-order valence-electron chi connectivity index (χ2n) is 4.77.